The Bertz CT molecular complexity index is 308. The van der Waals surface area contributed by atoms with E-state index in [-0.39, 0.29) is 12.0 Å². The molecule has 1 heterocycles. The van der Waals surface area contributed by atoms with Gasteiger partial charge in [0.1, 0.15) is 0 Å². The average molecular weight is 282 g/mol. The molecule has 4 nitrogen and oxygen atoms in total. The van der Waals surface area contributed by atoms with Crippen LogP contribution in [0.2, 0.25) is 0 Å². The van der Waals surface area contributed by atoms with Crippen molar-refractivity contribution in [3.05, 3.63) is 0 Å². The molecule has 0 bridgehead atoms. The Morgan fingerprint density at radius 1 is 1.40 bits per heavy atom. The Hall–Kier alpha value is -0.610. The fourth-order valence-corrected chi connectivity index (χ4v) is 3.64. The molecule has 1 saturated heterocycles. The van der Waals surface area contributed by atoms with Gasteiger partial charge in [0.2, 0.25) is 5.91 Å². The van der Waals surface area contributed by atoms with Crippen molar-refractivity contribution in [2.24, 2.45) is 0 Å². The number of hydrogen-bond acceptors (Lipinski definition) is 3. The highest BCUT2D eigenvalue weighted by Gasteiger charge is 2.37. The Morgan fingerprint density at radius 2 is 2.15 bits per heavy atom. The van der Waals surface area contributed by atoms with E-state index in [0.717, 1.165) is 25.8 Å². The summed E-state index contributed by atoms with van der Waals surface area (Å²) in [7, 11) is 1.70. The minimum atomic E-state index is 0.165. The number of amides is 1. The van der Waals surface area contributed by atoms with Crippen molar-refractivity contribution < 1.29 is 9.53 Å². The van der Waals surface area contributed by atoms with E-state index < -0.39 is 0 Å². The lowest BCUT2D eigenvalue weighted by atomic mass is 9.75. The van der Waals surface area contributed by atoms with Gasteiger partial charge in [-0.05, 0) is 45.6 Å². The van der Waals surface area contributed by atoms with Gasteiger partial charge < -0.3 is 15.4 Å². The summed E-state index contributed by atoms with van der Waals surface area (Å²) in [5, 5.41) is 6.96. The van der Waals surface area contributed by atoms with E-state index in [0.29, 0.717) is 18.0 Å². The van der Waals surface area contributed by atoms with E-state index in [1.807, 2.05) is 6.92 Å². The molecular formula is C16H30N2O2. The van der Waals surface area contributed by atoms with Crippen molar-refractivity contribution >= 4 is 5.91 Å². The van der Waals surface area contributed by atoms with Gasteiger partial charge in [-0.1, -0.05) is 19.3 Å². The zero-order chi connectivity index (χ0) is 14.4. The van der Waals surface area contributed by atoms with Gasteiger partial charge in [0.05, 0.1) is 6.10 Å². The maximum absolute atomic E-state index is 12.0. The standard InChI is InChI=1S/C16H30N2O2/c1-13(20-2)6-7-15(19)18-14-8-11-17-16(12-14)9-4-3-5-10-16/h13-14,17H,3-12H2,1-2H3,(H,18,19). The van der Waals surface area contributed by atoms with Crippen LogP contribution in [-0.4, -0.2) is 37.2 Å². The van der Waals surface area contributed by atoms with Crippen LogP contribution in [0.4, 0.5) is 0 Å². The molecule has 1 saturated carbocycles. The van der Waals surface area contributed by atoms with Crippen molar-refractivity contribution in [2.45, 2.75) is 82.4 Å². The number of carbonyl (C=O) groups excluding carboxylic acids is 1. The van der Waals surface area contributed by atoms with E-state index in [4.69, 9.17) is 4.74 Å². The summed E-state index contributed by atoms with van der Waals surface area (Å²) in [6.07, 6.45) is 10.3. The highest BCUT2D eigenvalue weighted by atomic mass is 16.5. The quantitative estimate of drug-likeness (QED) is 0.814. The third-order valence-corrected chi connectivity index (χ3v) is 4.99. The molecule has 0 aromatic carbocycles. The van der Waals surface area contributed by atoms with Gasteiger partial charge in [-0.25, -0.2) is 0 Å². The zero-order valence-electron chi connectivity index (χ0n) is 13.0. The van der Waals surface area contributed by atoms with Crippen molar-refractivity contribution in [1.82, 2.24) is 10.6 Å². The van der Waals surface area contributed by atoms with Crippen LogP contribution in [0, 0.1) is 0 Å². The SMILES string of the molecule is COC(C)CCC(=O)NC1CCNC2(CCCCC2)C1. The molecule has 0 aromatic heterocycles. The van der Waals surface area contributed by atoms with Gasteiger partial charge in [0, 0.05) is 25.1 Å². The molecule has 1 aliphatic heterocycles. The molecule has 2 unspecified atom stereocenters. The topological polar surface area (TPSA) is 50.4 Å². The van der Waals surface area contributed by atoms with Crippen molar-refractivity contribution in [1.29, 1.82) is 0 Å². The molecular weight excluding hydrogens is 252 g/mol. The highest BCUT2D eigenvalue weighted by Crippen LogP contribution is 2.34. The summed E-state index contributed by atoms with van der Waals surface area (Å²) < 4.78 is 5.19. The summed E-state index contributed by atoms with van der Waals surface area (Å²) in [6, 6.07) is 0.361. The van der Waals surface area contributed by atoms with Crippen LogP contribution in [0.1, 0.15) is 64.7 Å². The first-order valence-corrected chi connectivity index (χ1v) is 8.21. The zero-order valence-corrected chi connectivity index (χ0v) is 13.0. The molecule has 2 aliphatic rings. The number of nitrogens with one attached hydrogen (secondary N) is 2. The largest absolute Gasteiger partial charge is 0.382 e. The third kappa shape index (κ3) is 4.45. The molecule has 20 heavy (non-hydrogen) atoms. The molecule has 2 fully saturated rings. The third-order valence-electron chi connectivity index (χ3n) is 4.99. The first kappa shape index (κ1) is 15.8. The predicted octanol–water partition coefficient (Wildman–Crippen LogP) is 2.37. The predicted molar refractivity (Wildman–Crippen MR) is 80.7 cm³/mol. The molecule has 1 spiro atoms. The van der Waals surface area contributed by atoms with Gasteiger partial charge in [0.15, 0.2) is 0 Å². The molecule has 0 aromatic rings. The summed E-state index contributed by atoms with van der Waals surface area (Å²) in [6.45, 7) is 3.05. The van der Waals surface area contributed by atoms with Crippen LogP contribution in [0.15, 0.2) is 0 Å². The Labute approximate surface area is 123 Å². The fraction of sp³-hybridized carbons (Fsp3) is 0.938. The van der Waals surface area contributed by atoms with Crippen LogP contribution >= 0.6 is 0 Å². The normalized spacial score (nSPS) is 27.2. The first-order chi connectivity index (χ1) is 9.63. The van der Waals surface area contributed by atoms with Crippen LogP contribution in [0.5, 0.6) is 0 Å². The molecule has 0 radical (unpaired) electrons. The number of methoxy groups -OCH3 is 1. The molecule has 116 valence electrons. The molecule has 1 aliphatic carbocycles. The van der Waals surface area contributed by atoms with E-state index in [1.165, 1.54) is 32.1 Å². The minimum Gasteiger partial charge on any atom is -0.382 e. The van der Waals surface area contributed by atoms with E-state index >= 15 is 0 Å². The Kier molecular flexibility index (Phi) is 5.85. The summed E-state index contributed by atoms with van der Waals surface area (Å²) >= 11 is 0. The van der Waals surface area contributed by atoms with Gasteiger partial charge in [-0.3, -0.25) is 4.79 Å². The maximum Gasteiger partial charge on any atom is 0.220 e. The van der Waals surface area contributed by atoms with E-state index in [9.17, 15) is 4.79 Å². The van der Waals surface area contributed by atoms with Crippen LogP contribution < -0.4 is 10.6 Å². The second-order valence-corrected chi connectivity index (χ2v) is 6.61. The second-order valence-electron chi connectivity index (χ2n) is 6.61. The number of rotatable bonds is 5. The number of carbonyl (C=O) groups is 1. The summed E-state index contributed by atoms with van der Waals surface area (Å²) in [5.41, 5.74) is 0.314. The van der Waals surface area contributed by atoms with Crippen LogP contribution in [0.25, 0.3) is 0 Å². The Balaban J connectivity index is 1.76. The molecule has 2 atom stereocenters. The summed E-state index contributed by atoms with van der Waals surface area (Å²) in [5.74, 6) is 0.187. The van der Waals surface area contributed by atoms with Crippen LogP contribution in [0.3, 0.4) is 0 Å². The fourth-order valence-electron chi connectivity index (χ4n) is 3.64. The lowest BCUT2D eigenvalue weighted by molar-refractivity contribution is -0.122. The molecule has 2 N–H and O–H groups in total. The molecule has 4 heteroatoms. The number of piperidine rings is 1. The first-order valence-electron chi connectivity index (χ1n) is 8.21. The van der Waals surface area contributed by atoms with Gasteiger partial charge >= 0.3 is 0 Å². The van der Waals surface area contributed by atoms with Gasteiger partial charge in [-0.2, -0.15) is 0 Å². The molecule has 2 rings (SSSR count). The van der Waals surface area contributed by atoms with Crippen molar-refractivity contribution in [3.8, 4) is 0 Å². The Morgan fingerprint density at radius 3 is 2.85 bits per heavy atom. The smallest absolute Gasteiger partial charge is 0.220 e. The highest BCUT2D eigenvalue weighted by molar-refractivity contribution is 5.76. The lowest BCUT2D eigenvalue weighted by Crippen LogP contribution is -2.57. The van der Waals surface area contributed by atoms with Crippen molar-refractivity contribution in [2.75, 3.05) is 13.7 Å². The van der Waals surface area contributed by atoms with Crippen LogP contribution in [-0.2, 0) is 9.53 Å². The number of ether oxygens (including phenoxy) is 1. The second kappa shape index (κ2) is 7.41. The maximum atomic E-state index is 12.0. The summed E-state index contributed by atoms with van der Waals surface area (Å²) in [4.78, 5) is 12.0. The number of hydrogen-bond donors (Lipinski definition) is 2. The minimum absolute atomic E-state index is 0.165. The van der Waals surface area contributed by atoms with Crippen molar-refractivity contribution in [3.63, 3.8) is 0 Å². The van der Waals surface area contributed by atoms with Gasteiger partial charge in [0.25, 0.3) is 0 Å². The lowest BCUT2D eigenvalue weighted by Gasteiger charge is -2.44. The van der Waals surface area contributed by atoms with E-state index in [2.05, 4.69) is 10.6 Å². The monoisotopic (exact) mass is 282 g/mol. The average Bonchev–Trinajstić information content (AvgIpc) is 2.45. The molecule has 1 amide bonds. The van der Waals surface area contributed by atoms with Gasteiger partial charge in [-0.15, -0.1) is 0 Å². The van der Waals surface area contributed by atoms with E-state index in [1.54, 1.807) is 7.11 Å².